The topological polar surface area (TPSA) is 82.5 Å². The minimum atomic E-state index is -1.02. The van der Waals surface area contributed by atoms with Crippen LogP contribution >= 0.6 is 0 Å². The van der Waals surface area contributed by atoms with Gasteiger partial charge in [0.05, 0.1) is 5.69 Å². The number of nitrogens with zero attached hydrogens (tertiary/aromatic N) is 2. The molecule has 1 amide bonds. The van der Waals surface area contributed by atoms with E-state index in [-0.39, 0.29) is 11.5 Å². The highest BCUT2D eigenvalue weighted by atomic mass is 16.4. The van der Waals surface area contributed by atoms with Crippen LogP contribution < -0.4 is 5.32 Å². The number of hydrogen-bond acceptors (Lipinski definition) is 4. The van der Waals surface area contributed by atoms with Gasteiger partial charge < -0.3 is 15.3 Å². The van der Waals surface area contributed by atoms with Gasteiger partial charge in [0.2, 0.25) is 5.91 Å². The zero-order chi connectivity index (χ0) is 15.2. The fraction of sp³-hybridized carbons (Fsp3) is 0.533. The maximum absolute atomic E-state index is 12.0. The second-order valence-electron chi connectivity index (χ2n) is 5.29. The van der Waals surface area contributed by atoms with Gasteiger partial charge in [-0.3, -0.25) is 9.78 Å². The minimum Gasteiger partial charge on any atom is -0.478 e. The molecule has 1 saturated heterocycles. The van der Waals surface area contributed by atoms with Crippen LogP contribution in [0.15, 0.2) is 12.3 Å². The van der Waals surface area contributed by atoms with Crippen LogP contribution in [-0.2, 0) is 4.79 Å². The molecule has 0 unspecified atom stereocenters. The second kappa shape index (κ2) is 7.06. The van der Waals surface area contributed by atoms with Crippen molar-refractivity contribution in [2.75, 3.05) is 25.0 Å². The molecule has 1 aliphatic rings. The Morgan fingerprint density at radius 3 is 2.71 bits per heavy atom. The van der Waals surface area contributed by atoms with Crippen molar-refractivity contribution in [2.45, 2.75) is 32.6 Å². The summed E-state index contributed by atoms with van der Waals surface area (Å²) in [5.74, 6) is -0.891. The van der Waals surface area contributed by atoms with Crippen molar-refractivity contribution in [3.05, 3.63) is 23.5 Å². The second-order valence-corrected chi connectivity index (χ2v) is 5.29. The molecule has 0 spiro atoms. The predicted molar refractivity (Wildman–Crippen MR) is 79.5 cm³/mol. The van der Waals surface area contributed by atoms with Gasteiger partial charge in [-0.15, -0.1) is 0 Å². The summed E-state index contributed by atoms with van der Waals surface area (Å²) in [5, 5.41) is 12.2. The van der Waals surface area contributed by atoms with Gasteiger partial charge in [-0.2, -0.15) is 0 Å². The van der Waals surface area contributed by atoms with Crippen molar-refractivity contribution in [1.29, 1.82) is 0 Å². The molecule has 6 heteroatoms. The Morgan fingerprint density at radius 2 is 2.05 bits per heavy atom. The summed E-state index contributed by atoms with van der Waals surface area (Å²) in [6.45, 7) is 3.91. The van der Waals surface area contributed by atoms with E-state index >= 15 is 0 Å². The largest absolute Gasteiger partial charge is 0.478 e. The van der Waals surface area contributed by atoms with Gasteiger partial charge in [0.15, 0.2) is 0 Å². The molecule has 114 valence electrons. The van der Waals surface area contributed by atoms with Crippen molar-refractivity contribution in [3.63, 3.8) is 0 Å². The van der Waals surface area contributed by atoms with Gasteiger partial charge >= 0.3 is 5.97 Å². The maximum Gasteiger partial charge on any atom is 0.339 e. The van der Waals surface area contributed by atoms with Crippen LogP contribution in [-0.4, -0.2) is 46.5 Å². The monoisotopic (exact) mass is 291 g/mol. The zero-order valence-electron chi connectivity index (χ0n) is 12.3. The highest BCUT2D eigenvalue weighted by molar-refractivity contribution is 5.93. The molecule has 2 rings (SSSR count). The highest BCUT2D eigenvalue weighted by Gasteiger charge is 2.16. The van der Waals surface area contributed by atoms with E-state index in [4.69, 9.17) is 5.11 Å². The van der Waals surface area contributed by atoms with Gasteiger partial charge in [-0.1, -0.05) is 0 Å². The number of aromatic nitrogens is 1. The van der Waals surface area contributed by atoms with E-state index in [0.717, 1.165) is 31.6 Å². The fourth-order valence-electron chi connectivity index (χ4n) is 2.48. The van der Waals surface area contributed by atoms with Gasteiger partial charge in [0.1, 0.15) is 5.56 Å². The number of carboxylic acid groups (broad SMARTS) is 1. The Kier molecular flexibility index (Phi) is 5.14. The third kappa shape index (κ3) is 4.18. The Morgan fingerprint density at radius 1 is 1.33 bits per heavy atom. The molecular formula is C15H21N3O3. The molecule has 0 aliphatic carbocycles. The number of carbonyl (C=O) groups excluding carboxylic acids is 1. The average Bonchev–Trinajstić information content (AvgIpc) is 2.48. The van der Waals surface area contributed by atoms with Crippen molar-refractivity contribution in [1.82, 2.24) is 9.88 Å². The van der Waals surface area contributed by atoms with Gasteiger partial charge in [0.25, 0.3) is 0 Å². The number of anilines is 1. The lowest BCUT2D eigenvalue weighted by Crippen LogP contribution is -2.36. The average molecular weight is 291 g/mol. The number of hydrogen-bond donors (Lipinski definition) is 2. The Balaban J connectivity index is 1.89. The van der Waals surface area contributed by atoms with E-state index < -0.39 is 5.97 Å². The number of aryl methyl sites for hydroxylation is 1. The molecule has 0 atom stereocenters. The summed E-state index contributed by atoms with van der Waals surface area (Å²) in [7, 11) is 0. The molecule has 1 fully saturated rings. The minimum absolute atomic E-state index is 0.129. The molecule has 0 bridgehead atoms. The fourth-order valence-corrected chi connectivity index (χ4v) is 2.48. The SMILES string of the molecule is Cc1cc(NCCC(=O)N2CCCCC2)c(C(=O)O)cn1. The predicted octanol–water partition coefficient (Wildman–Crippen LogP) is 1.90. The van der Waals surface area contributed by atoms with Gasteiger partial charge in [0, 0.05) is 37.9 Å². The van der Waals surface area contributed by atoms with Gasteiger partial charge in [-0.25, -0.2) is 4.79 Å². The molecule has 6 nitrogen and oxygen atoms in total. The number of aromatic carboxylic acids is 1. The van der Waals surface area contributed by atoms with Crippen LogP contribution in [0.3, 0.4) is 0 Å². The normalized spacial score (nSPS) is 14.8. The summed E-state index contributed by atoms with van der Waals surface area (Å²) in [6.07, 6.45) is 5.06. The van der Waals surface area contributed by atoms with Crippen molar-refractivity contribution in [3.8, 4) is 0 Å². The van der Waals surface area contributed by atoms with Gasteiger partial charge in [-0.05, 0) is 32.3 Å². The van der Waals surface area contributed by atoms with E-state index in [1.165, 1.54) is 12.6 Å². The smallest absolute Gasteiger partial charge is 0.339 e. The van der Waals surface area contributed by atoms with E-state index in [0.29, 0.717) is 18.7 Å². The van der Waals surface area contributed by atoms with Crippen LogP contribution in [0.25, 0.3) is 0 Å². The van der Waals surface area contributed by atoms with Crippen LogP contribution in [0.2, 0.25) is 0 Å². The summed E-state index contributed by atoms with van der Waals surface area (Å²) in [6, 6.07) is 1.69. The molecule has 21 heavy (non-hydrogen) atoms. The number of carboxylic acids is 1. The standard InChI is InChI=1S/C15H21N3O3/c1-11-9-13(12(10-17-11)15(20)21)16-6-5-14(19)18-7-3-2-4-8-18/h9-10H,2-8H2,1H3,(H,16,17)(H,20,21). The number of nitrogens with one attached hydrogen (secondary N) is 1. The molecule has 0 saturated carbocycles. The van der Waals surface area contributed by atoms with Crippen LogP contribution in [0, 0.1) is 6.92 Å². The third-order valence-corrected chi connectivity index (χ3v) is 3.63. The Labute approximate surface area is 124 Å². The first kappa shape index (κ1) is 15.3. The molecule has 1 aromatic heterocycles. The number of rotatable bonds is 5. The highest BCUT2D eigenvalue weighted by Crippen LogP contribution is 2.16. The number of likely N-dealkylation sites (tertiary alicyclic amines) is 1. The van der Waals surface area contributed by atoms with Crippen molar-refractivity contribution >= 4 is 17.6 Å². The first-order chi connectivity index (χ1) is 10.1. The summed E-state index contributed by atoms with van der Waals surface area (Å²) >= 11 is 0. The van der Waals surface area contributed by atoms with Crippen molar-refractivity contribution < 1.29 is 14.7 Å². The first-order valence-electron chi connectivity index (χ1n) is 7.29. The van der Waals surface area contributed by atoms with E-state index in [2.05, 4.69) is 10.3 Å². The summed E-state index contributed by atoms with van der Waals surface area (Å²) in [5.41, 5.74) is 1.39. The molecular weight excluding hydrogens is 270 g/mol. The van der Waals surface area contributed by atoms with Crippen LogP contribution in [0.1, 0.15) is 41.7 Å². The molecule has 0 aromatic carbocycles. The molecule has 2 heterocycles. The van der Waals surface area contributed by atoms with E-state index in [1.807, 2.05) is 4.90 Å². The van der Waals surface area contributed by atoms with E-state index in [1.54, 1.807) is 13.0 Å². The number of piperidine rings is 1. The summed E-state index contributed by atoms with van der Waals surface area (Å²) < 4.78 is 0. The third-order valence-electron chi connectivity index (χ3n) is 3.63. The summed E-state index contributed by atoms with van der Waals surface area (Å²) in [4.78, 5) is 29.0. The maximum atomic E-state index is 12.0. The number of carbonyl (C=O) groups is 2. The molecule has 0 radical (unpaired) electrons. The lowest BCUT2D eigenvalue weighted by molar-refractivity contribution is -0.131. The lowest BCUT2D eigenvalue weighted by atomic mass is 10.1. The first-order valence-corrected chi connectivity index (χ1v) is 7.29. The van der Waals surface area contributed by atoms with Crippen LogP contribution in [0.4, 0.5) is 5.69 Å². The van der Waals surface area contributed by atoms with E-state index in [9.17, 15) is 9.59 Å². The zero-order valence-corrected chi connectivity index (χ0v) is 12.3. The van der Waals surface area contributed by atoms with Crippen molar-refractivity contribution in [2.24, 2.45) is 0 Å². The molecule has 1 aliphatic heterocycles. The molecule has 2 N–H and O–H groups in total. The molecule has 1 aromatic rings. The Hall–Kier alpha value is -2.11. The number of amides is 1. The van der Waals surface area contributed by atoms with Crippen LogP contribution in [0.5, 0.6) is 0 Å². The quantitative estimate of drug-likeness (QED) is 0.866. The number of pyridine rings is 1. The lowest BCUT2D eigenvalue weighted by Gasteiger charge is -2.26. The Bertz CT molecular complexity index is 525.